The van der Waals surface area contributed by atoms with Crippen molar-refractivity contribution in [2.75, 3.05) is 0 Å². The number of rotatable bonds is 11. The summed E-state index contributed by atoms with van der Waals surface area (Å²) >= 11 is 5.40. The Kier molecular flexibility index (Phi) is 19.6. The van der Waals surface area contributed by atoms with Crippen LogP contribution >= 0.6 is 34.0 Å². The monoisotopic (exact) mass is 1960 g/mol. The van der Waals surface area contributed by atoms with E-state index in [2.05, 4.69) is 432 Å². The van der Waals surface area contributed by atoms with Gasteiger partial charge >= 0.3 is 0 Å². The summed E-state index contributed by atoms with van der Waals surface area (Å²) in [5.41, 5.74) is 24.7. The van der Waals surface area contributed by atoms with Crippen LogP contribution in [0, 0.1) is 0 Å². The summed E-state index contributed by atoms with van der Waals surface area (Å²) in [7, 11) is 0. The van der Waals surface area contributed by atoms with E-state index in [4.69, 9.17) is 49.3 Å². The van der Waals surface area contributed by atoms with Crippen LogP contribution in [0.5, 0.6) is 0 Å². The molecular formula is C132H81N13OS3. The van der Waals surface area contributed by atoms with Crippen molar-refractivity contribution in [1.29, 1.82) is 0 Å². The Hall–Kier alpha value is -18.9. The molecule has 0 bridgehead atoms. The van der Waals surface area contributed by atoms with Crippen LogP contribution in [0.25, 0.3) is 284 Å². The molecule has 32 rings (SSSR count). The summed E-state index contributed by atoms with van der Waals surface area (Å²) in [6.07, 6.45) is 0. The van der Waals surface area contributed by atoms with Gasteiger partial charge in [-0.1, -0.05) is 360 Å². The van der Waals surface area contributed by atoms with E-state index in [0.717, 1.165) is 127 Å². The third-order valence-corrected chi connectivity index (χ3v) is 33.1. The smallest absolute Gasteiger partial charge is 0.238 e. The zero-order valence-electron chi connectivity index (χ0n) is 80.2. The van der Waals surface area contributed by atoms with Crippen LogP contribution in [0.2, 0.25) is 0 Å². The lowest BCUT2D eigenvalue weighted by molar-refractivity contribution is 0.666. The molecule has 11 aromatic heterocycles. The maximum absolute atomic E-state index is 6.33. The van der Waals surface area contributed by atoms with Crippen LogP contribution in [-0.4, -0.2) is 63.1 Å². The Morgan fingerprint density at radius 3 is 1.21 bits per heavy atom. The van der Waals surface area contributed by atoms with E-state index in [0.29, 0.717) is 52.8 Å². The van der Waals surface area contributed by atoms with Crippen LogP contribution in [0.4, 0.5) is 0 Å². The first-order valence-corrected chi connectivity index (χ1v) is 52.4. The van der Waals surface area contributed by atoms with Gasteiger partial charge in [0.25, 0.3) is 0 Å². The second kappa shape index (κ2) is 34.1. The topological polar surface area (TPSA) is 149 Å². The number of thiophene rings is 3. The predicted octanol–water partition coefficient (Wildman–Crippen LogP) is 35.0. The second-order valence-electron chi connectivity index (χ2n) is 38.5. The highest BCUT2D eigenvalue weighted by atomic mass is 32.1. The molecule has 0 aliphatic heterocycles. The van der Waals surface area contributed by atoms with Crippen molar-refractivity contribution in [3.05, 3.63) is 466 Å². The molecule has 0 saturated carbocycles. The van der Waals surface area contributed by atoms with Crippen molar-refractivity contribution in [1.82, 2.24) is 63.1 Å². The van der Waals surface area contributed by atoms with E-state index in [1.165, 1.54) is 115 Å². The second-order valence-corrected chi connectivity index (χ2v) is 41.8. The molecule has 14 nitrogen and oxygen atoms in total. The van der Waals surface area contributed by atoms with Crippen molar-refractivity contribution in [2.24, 2.45) is 0 Å². The largest absolute Gasteiger partial charge is 0.456 e. The maximum Gasteiger partial charge on any atom is 0.238 e. The minimum absolute atomic E-state index is 0.153. The van der Waals surface area contributed by atoms with E-state index in [-0.39, 0.29) is 5.41 Å². The number of fused-ring (bicyclic) bond motifs is 29. The molecule has 1 aliphatic carbocycles. The Balaban J connectivity index is 0.000000103. The van der Waals surface area contributed by atoms with Gasteiger partial charge in [0.15, 0.2) is 34.9 Å². The zero-order chi connectivity index (χ0) is 98.2. The molecule has 31 aromatic rings. The summed E-state index contributed by atoms with van der Waals surface area (Å²) < 4.78 is 22.8. The summed E-state index contributed by atoms with van der Waals surface area (Å²) in [4.78, 5) is 47.0. The van der Waals surface area contributed by atoms with Crippen LogP contribution < -0.4 is 0 Å². The minimum Gasteiger partial charge on any atom is -0.456 e. The zero-order valence-corrected chi connectivity index (χ0v) is 82.7. The number of hydrogen-bond acceptors (Lipinski definition) is 13. The Labute approximate surface area is 864 Å². The molecule has 0 spiro atoms. The van der Waals surface area contributed by atoms with Gasteiger partial charge < -0.3 is 8.98 Å². The summed E-state index contributed by atoms with van der Waals surface area (Å²) in [6, 6.07) is 160. The number of para-hydroxylation sites is 6. The highest BCUT2D eigenvalue weighted by molar-refractivity contribution is 7.26. The molecule has 0 radical (unpaired) electrons. The standard InChI is InChI=1S/C45H27N5S.C45H26N4OS.C42H28N4S/c1-3-14-28(15-4-1)43-46-44(34-21-13-25-39-40(34)33-20-9-12-24-38(33)51-39)48-45(47-43)50-36-23-11-8-19-32(36)41-37(50)27-26-31-30-18-7-10-22-35(30)49(42(31)41)29-16-5-2-6-17-29;1-2-11-27(12-3-1)28-13-10-14-29(23-28)43-46-44(30-21-22-34-33-17-6-9-20-41(33)51-42(34)24-30)48-45(47-43)49-37-18-7-4-15-31(37)35-26-40-36(25-38(35)49)32-16-5-8-19-39(32)50-40;1-42(2)32-17-9-6-14-27(32)30-22-23-34-37(38(30)42)31-16-7-10-18-33(31)46(34)41-44-39(25-12-4-3-5-13-25)43-40(45-41)26-20-21-29-28-15-8-11-19-35(28)47-36(29)24-26/h1-27H;1-26H;3-24H,1-2H3. The summed E-state index contributed by atoms with van der Waals surface area (Å²) in [5, 5.41) is 19.0. The van der Waals surface area contributed by atoms with E-state index >= 15 is 0 Å². The molecular weight excluding hydrogens is 1880 g/mol. The first kappa shape index (κ1) is 85.7. The lowest BCUT2D eigenvalue weighted by atomic mass is 9.80. The molecule has 149 heavy (non-hydrogen) atoms. The van der Waals surface area contributed by atoms with Crippen molar-refractivity contribution >= 4 is 204 Å². The first-order chi connectivity index (χ1) is 73.6. The SMILES string of the molecule is CC1(C)c2ccccc2-c2ccc3c(c21)c1ccccc1n3-c1nc(-c2ccccc2)nc(-c2ccc3c(c2)sc2ccccc23)n1.c1ccc(-c2cccc(-c3nc(-c4ccc5c(c4)sc4ccccc45)nc(-n4c5ccccc5c5cc6oc7ccccc7c6cc54)n3)c2)cc1.c1ccc(-c2nc(-c3cccc4sc5ccccc5c34)nc(-n3c4ccccc4c4c3ccc3c5ccccc5n(-c5ccccc5)c34)n2)cc1. The van der Waals surface area contributed by atoms with E-state index in [1.54, 1.807) is 34.0 Å². The Bertz CT molecular complexity index is 11000. The van der Waals surface area contributed by atoms with E-state index in [9.17, 15) is 0 Å². The van der Waals surface area contributed by atoms with Gasteiger partial charge in [0, 0.05) is 159 Å². The number of benzene rings is 20. The number of furan rings is 1. The van der Waals surface area contributed by atoms with Gasteiger partial charge in [0.05, 0.1) is 44.1 Å². The van der Waals surface area contributed by atoms with Gasteiger partial charge in [0.1, 0.15) is 11.2 Å². The molecule has 17 heteroatoms. The van der Waals surface area contributed by atoms with E-state index < -0.39 is 0 Å². The summed E-state index contributed by atoms with van der Waals surface area (Å²) in [5.74, 6) is 5.61. The lowest BCUT2D eigenvalue weighted by Gasteiger charge is -2.22. The van der Waals surface area contributed by atoms with Crippen molar-refractivity contribution in [3.8, 4) is 114 Å². The van der Waals surface area contributed by atoms with Gasteiger partial charge in [-0.2, -0.15) is 29.9 Å². The van der Waals surface area contributed by atoms with Gasteiger partial charge in [-0.3, -0.25) is 13.7 Å². The molecule has 20 aromatic carbocycles. The fourth-order valence-corrected chi connectivity index (χ4v) is 26.4. The highest BCUT2D eigenvalue weighted by Gasteiger charge is 2.39. The molecule has 11 heterocycles. The van der Waals surface area contributed by atoms with E-state index in [1.807, 2.05) is 54.6 Å². The minimum atomic E-state index is -0.153. The molecule has 0 saturated heterocycles. The van der Waals surface area contributed by atoms with Crippen LogP contribution in [0.3, 0.4) is 0 Å². The van der Waals surface area contributed by atoms with Gasteiger partial charge in [-0.05, 0) is 143 Å². The molecule has 0 N–H and O–H groups in total. The van der Waals surface area contributed by atoms with Crippen LogP contribution in [-0.2, 0) is 5.41 Å². The third kappa shape index (κ3) is 13.8. The van der Waals surface area contributed by atoms with Crippen LogP contribution in [0.1, 0.15) is 25.0 Å². The van der Waals surface area contributed by atoms with Crippen LogP contribution in [0.15, 0.2) is 459 Å². The van der Waals surface area contributed by atoms with Crippen molar-refractivity contribution in [2.45, 2.75) is 19.3 Å². The van der Waals surface area contributed by atoms with Gasteiger partial charge in [-0.25, -0.2) is 15.0 Å². The van der Waals surface area contributed by atoms with Crippen molar-refractivity contribution in [3.63, 3.8) is 0 Å². The average Bonchev–Trinajstić information content (AvgIpc) is 1.54. The molecule has 698 valence electrons. The molecule has 0 unspecified atom stereocenters. The molecule has 0 fully saturated rings. The average molecular weight is 1960 g/mol. The molecule has 1 aliphatic rings. The van der Waals surface area contributed by atoms with Gasteiger partial charge in [-0.15, -0.1) is 34.0 Å². The number of aromatic nitrogens is 13. The third-order valence-electron chi connectivity index (χ3n) is 29.7. The molecule has 0 atom stereocenters. The normalized spacial score (nSPS) is 12.4. The number of nitrogens with zero attached hydrogens (tertiary/aromatic N) is 13. The maximum atomic E-state index is 6.33. The number of hydrogen-bond donors (Lipinski definition) is 0. The Morgan fingerprint density at radius 1 is 0.201 bits per heavy atom. The first-order valence-electron chi connectivity index (χ1n) is 49.9. The highest BCUT2D eigenvalue weighted by Crippen LogP contribution is 2.55. The molecule has 0 amide bonds. The van der Waals surface area contributed by atoms with Crippen molar-refractivity contribution < 1.29 is 4.42 Å². The lowest BCUT2D eigenvalue weighted by Crippen LogP contribution is -2.15. The van der Waals surface area contributed by atoms with Gasteiger partial charge in [0.2, 0.25) is 17.8 Å². The predicted molar refractivity (Wildman–Crippen MR) is 618 cm³/mol. The fraction of sp³-hybridized carbons (Fsp3) is 0.0227. The quantitative estimate of drug-likeness (QED) is 0.122. The Morgan fingerprint density at radius 2 is 0.597 bits per heavy atom. The summed E-state index contributed by atoms with van der Waals surface area (Å²) in [6.45, 7) is 4.70. The fourth-order valence-electron chi connectivity index (χ4n) is 23.0.